The fraction of sp³-hybridized carbons (Fsp3) is 0.222. The van der Waals surface area contributed by atoms with Gasteiger partial charge in [0.25, 0.3) is 0 Å². The van der Waals surface area contributed by atoms with E-state index in [0.29, 0.717) is 25.1 Å². The molecule has 4 nitrogen and oxygen atoms in total. The molecule has 0 aliphatic carbocycles. The van der Waals surface area contributed by atoms with Crippen molar-refractivity contribution in [3.05, 3.63) is 70.8 Å². The normalized spacial score (nSPS) is 17.5. The molecule has 0 bridgehead atoms. The second-order valence-electron chi connectivity index (χ2n) is 5.56. The lowest BCUT2D eigenvalue weighted by molar-refractivity contribution is -0.124. The van der Waals surface area contributed by atoms with Crippen LogP contribution in [0.4, 0.5) is 0 Å². The molecule has 3 rings (SSSR count). The SMILES string of the molecule is N#Cc1ccccc1CN1Cc2ccccc2C[C@H]1C(N)=O. The van der Waals surface area contributed by atoms with Gasteiger partial charge in [0.1, 0.15) is 0 Å². The number of hydrogen-bond acceptors (Lipinski definition) is 3. The molecular formula is C18H17N3O. The van der Waals surface area contributed by atoms with Crippen LogP contribution < -0.4 is 5.73 Å². The van der Waals surface area contributed by atoms with Gasteiger partial charge in [0, 0.05) is 13.1 Å². The summed E-state index contributed by atoms with van der Waals surface area (Å²) in [5.41, 5.74) is 9.56. The molecule has 0 radical (unpaired) electrons. The van der Waals surface area contributed by atoms with Crippen molar-refractivity contribution in [2.45, 2.75) is 25.6 Å². The number of nitrogens with zero attached hydrogens (tertiary/aromatic N) is 2. The van der Waals surface area contributed by atoms with Gasteiger partial charge >= 0.3 is 0 Å². The van der Waals surface area contributed by atoms with Crippen molar-refractivity contribution in [1.82, 2.24) is 4.90 Å². The highest BCUT2D eigenvalue weighted by Gasteiger charge is 2.30. The average molecular weight is 291 g/mol. The smallest absolute Gasteiger partial charge is 0.235 e. The third-order valence-corrected chi connectivity index (χ3v) is 4.19. The van der Waals surface area contributed by atoms with E-state index in [1.54, 1.807) is 6.07 Å². The predicted octanol–water partition coefficient (Wildman–Crippen LogP) is 1.97. The van der Waals surface area contributed by atoms with Crippen LogP contribution >= 0.6 is 0 Å². The van der Waals surface area contributed by atoms with Gasteiger partial charge in [-0.05, 0) is 29.2 Å². The van der Waals surface area contributed by atoms with Crippen molar-refractivity contribution in [3.8, 4) is 6.07 Å². The number of hydrogen-bond donors (Lipinski definition) is 1. The third-order valence-electron chi connectivity index (χ3n) is 4.19. The maximum absolute atomic E-state index is 11.8. The van der Waals surface area contributed by atoms with E-state index in [1.807, 2.05) is 36.4 Å². The Bertz CT molecular complexity index is 748. The highest BCUT2D eigenvalue weighted by Crippen LogP contribution is 2.25. The van der Waals surface area contributed by atoms with Crippen LogP contribution in [0.5, 0.6) is 0 Å². The largest absolute Gasteiger partial charge is 0.368 e. The quantitative estimate of drug-likeness (QED) is 0.940. The Morgan fingerprint density at radius 1 is 1.18 bits per heavy atom. The zero-order chi connectivity index (χ0) is 15.5. The molecule has 1 atom stereocenters. The van der Waals surface area contributed by atoms with E-state index in [9.17, 15) is 10.1 Å². The number of primary amides is 1. The van der Waals surface area contributed by atoms with Gasteiger partial charge in [0.05, 0.1) is 17.7 Å². The number of rotatable bonds is 3. The third kappa shape index (κ3) is 2.72. The van der Waals surface area contributed by atoms with Gasteiger partial charge in [-0.15, -0.1) is 0 Å². The second kappa shape index (κ2) is 6.00. The molecule has 22 heavy (non-hydrogen) atoms. The summed E-state index contributed by atoms with van der Waals surface area (Å²) in [6.07, 6.45) is 0.625. The van der Waals surface area contributed by atoms with Crippen molar-refractivity contribution in [2.24, 2.45) is 5.73 Å². The van der Waals surface area contributed by atoms with Crippen molar-refractivity contribution >= 4 is 5.91 Å². The monoisotopic (exact) mass is 291 g/mol. The predicted molar refractivity (Wildman–Crippen MR) is 83.5 cm³/mol. The fourth-order valence-electron chi connectivity index (χ4n) is 3.01. The van der Waals surface area contributed by atoms with Crippen molar-refractivity contribution < 1.29 is 4.79 Å². The van der Waals surface area contributed by atoms with Gasteiger partial charge in [-0.2, -0.15) is 5.26 Å². The van der Waals surface area contributed by atoms with E-state index in [1.165, 1.54) is 11.1 Å². The molecule has 2 aromatic carbocycles. The van der Waals surface area contributed by atoms with Gasteiger partial charge in [-0.1, -0.05) is 42.5 Å². The summed E-state index contributed by atoms with van der Waals surface area (Å²) in [6.45, 7) is 1.22. The van der Waals surface area contributed by atoms with Crippen LogP contribution in [0.25, 0.3) is 0 Å². The number of carbonyl (C=O) groups is 1. The summed E-state index contributed by atoms with van der Waals surface area (Å²) in [7, 11) is 0. The topological polar surface area (TPSA) is 70.1 Å². The van der Waals surface area contributed by atoms with Crippen LogP contribution in [-0.2, 0) is 24.3 Å². The second-order valence-corrected chi connectivity index (χ2v) is 5.56. The van der Waals surface area contributed by atoms with E-state index in [-0.39, 0.29) is 11.9 Å². The first-order chi connectivity index (χ1) is 10.7. The van der Waals surface area contributed by atoms with Crippen LogP contribution in [0.3, 0.4) is 0 Å². The Labute approximate surface area is 129 Å². The van der Waals surface area contributed by atoms with Gasteiger partial charge < -0.3 is 5.73 Å². The van der Waals surface area contributed by atoms with Crippen LogP contribution in [0, 0.1) is 11.3 Å². The van der Waals surface area contributed by atoms with Gasteiger partial charge in [-0.3, -0.25) is 9.69 Å². The van der Waals surface area contributed by atoms with Crippen LogP contribution in [0.1, 0.15) is 22.3 Å². The Morgan fingerprint density at radius 3 is 2.59 bits per heavy atom. The molecule has 110 valence electrons. The summed E-state index contributed by atoms with van der Waals surface area (Å²) in [5, 5.41) is 9.22. The fourth-order valence-corrected chi connectivity index (χ4v) is 3.01. The molecule has 1 amide bonds. The molecule has 0 spiro atoms. The van der Waals surface area contributed by atoms with Crippen molar-refractivity contribution in [2.75, 3.05) is 0 Å². The molecule has 1 aliphatic heterocycles. The summed E-state index contributed by atoms with van der Waals surface area (Å²) < 4.78 is 0. The highest BCUT2D eigenvalue weighted by atomic mass is 16.1. The number of benzene rings is 2. The molecule has 0 saturated heterocycles. The minimum Gasteiger partial charge on any atom is -0.368 e. The molecule has 0 saturated carbocycles. The van der Waals surface area contributed by atoms with Crippen LogP contribution in [-0.4, -0.2) is 16.8 Å². The van der Waals surface area contributed by atoms with Gasteiger partial charge in [0.2, 0.25) is 5.91 Å². The van der Waals surface area contributed by atoms with Gasteiger partial charge in [0.15, 0.2) is 0 Å². The lowest BCUT2D eigenvalue weighted by Gasteiger charge is -2.35. The van der Waals surface area contributed by atoms with E-state index in [0.717, 1.165) is 5.56 Å². The molecular weight excluding hydrogens is 274 g/mol. The standard InChI is InChI=1S/C18H17N3O/c19-10-14-6-2-4-8-16(14)12-21-11-15-7-3-1-5-13(15)9-17(21)18(20)22/h1-8,17H,9,11-12H2,(H2,20,22)/t17-/m0/s1. The Hall–Kier alpha value is -2.64. The molecule has 4 heteroatoms. The first kappa shape index (κ1) is 14.3. The van der Waals surface area contributed by atoms with Crippen molar-refractivity contribution in [1.29, 1.82) is 5.26 Å². The Kier molecular flexibility index (Phi) is 3.90. The van der Waals surface area contributed by atoms with E-state index in [2.05, 4.69) is 17.0 Å². The number of carbonyl (C=O) groups excluding carboxylic acids is 1. The summed E-state index contributed by atoms with van der Waals surface area (Å²) in [5.74, 6) is -0.316. The molecule has 0 fully saturated rings. The minimum absolute atomic E-state index is 0.316. The first-order valence-corrected chi connectivity index (χ1v) is 7.27. The van der Waals surface area contributed by atoms with Gasteiger partial charge in [-0.25, -0.2) is 0 Å². The summed E-state index contributed by atoms with van der Waals surface area (Å²) in [6, 6.07) is 17.5. The zero-order valence-corrected chi connectivity index (χ0v) is 12.2. The zero-order valence-electron chi connectivity index (χ0n) is 12.2. The molecule has 0 aromatic heterocycles. The minimum atomic E-state index is -0.332. The highest BCUT2D eigenvalue weighted by molar-refractivity contribution is 5.80. The van der Waals surface area contributed by atoms with Crippen molar-refractivity contribution in [3.63, 3.8) is 0 Å². The molecule has 2 aromatic rings. The molecule has 0 unspecified atom stereocenters. The number of fused-ring (bicyclic) bond motifs is 1. The molecule has 2 N–H and O–H groups in total. The van der Waals surface area contributed by atoms with Crippen LogP contribution in [0.15, 0.2) is 48.5 Å². The molecule has 1 heterocycles. The Morgan fingerprint density at radius 2 is 1.86 bits per heavy atom. The maximum atomic E-state index is 11.8. The lowest BCUT2D eigenvalue weighted by atomic mass is 9.93. The Balaban J connectivity index is 1.91. The first-order valence-electron chi connectivity index (χ1n) is 7.27. The number of nitriles is 1. The van der Waals surface area contributed by atoms with Crippen LogP contribution in [0.2, 0.25) is 0 Å². The maximum Gasteiger partial charge on any atom is 0.235 e. The number of amides is 1. The lowest BCUT2D eigenvalue weighted by Crippen LogP contribution is -2.48. The summed E-state index contributed by atoms with van der Waals surface area (Å²) >= 11 is 0. The summed E-state index contributed by atoms with van der Waals surface area (Å²) in [4.78, 5) is 13.9. The average Bonchev–Trinajstić information content (AvgIpc) is 2.54. The van der Waals surface area contributed by atoms with E-state index in [4.69, 9.17) is 5.73 Å². The van der Waals surface area contributed by atoms with E-state index >= 15 is 0 Å². The molecule has 1 aliphatic rings. The van der Waals surface area contributed by atoms with E-state index < -0.39 is 0 Å². The number of nitrogens with two attached hydrogens (primary N) is 1.